The number of rotatable bonds is 4. The molecule has 0 unspecified atom stereocenters. The Morgan fingerprint density at radius 2 is 1.95 bits per heavy atom. The maximum Gasteiger partial charge on any atom is 0.261 e. The second-order valence-electron chi connectivity index (χ2n) is 4.64. The largest absolute Gasteiger partial charge is 0.501 e. The van der Waals surface area contributed by atoms with E-state index in [0.29, 0.717) is 29.1 Å². The Balaban J connectivity index is 2.48. The van der Waals surface area contributed by atoms with Gasteiger partial charge in [0.1, 0.15) is 5.75 Å². The van der Waals surface area contributed by atoms with Crippen LogP contribution in [0, 0.1) is 0 Å². The number of ether oxygens (including phenoxy) is 2. The van der Waals surface area contributed by atoms with Gasteiger partial charge in [-0.15, -0.1) is 0 Å². The molecule has 2 amide bonds. The van der Waals surface area contributed by atoms with Crippen LogP contribution >= 0.6 is 0 Å². The van der Waals surface area contributed by atoms with E-state index >= 15 is 0 Å². The van der Waals surface area contributed by atoms with Crippen molar-refractivity contribution >= 4 is 17.4 Å². The Labute approximate surface area is 117 Å². The van der Waals surface area contributed by atoms with E-state index in [1.807, 2.05) is 20.8 Å². The number of carbonyl (C=O) groups is 2. The molecule has 1 N–H and O–H groups in total. The Bertz CT molecular complexity index is 575. The molecule has 106 valence electrons. The van der Waals surface area contributed by atoms with Crippen molar-refractivity contribution in [1.82, 2.24) is 5.32 Å². The van der Waals surface area contributed by atoms with Crippen LogP contribution in [0.25, 0.3) is 5.57 Å². The minimum absolute atomic E-state index is 0.0143. The molecule has 0 aromatic heterocycles. The minimum atomic E-state index is -0.461. The minimum Gasteiger partial charge on any atom is -0.501 e. The molecule has 0 aliphatic carbocycles. The van der Waals surface area contributed by atoms with Crippen LogP contribution in [0.15, 0.2) is 24.5 Å². The molecule has 0 saturated carbocycles. The number of hydrogen-bond acceptors (Lipinski definition) is 4. The van der Waals surface area contributed by atoms with E-state index < -0.39 is 11.8 Å². The highest BCUT2D eigenvalue weighted by Gasteiger charge is 2.28. The van der Waals surface area contributed by atoms with Crippen LogP contribution < -0.4 is 10.1 Å². The highest BCUT2D eigenvalue weighted by Crippen LogP contribution is 2.28. The molecule has 0 saturated heterocycles. The standard InChI is InChI=1S/C15H17NO4/c1-4-19-8-13-12-7-10(20-9(2)3)5-6-11(12)14(17)16-15(13)18/h5-9H,4H2,1-3H3,(H,16,17,18)/b13-8-. The summed E-state index contributed by atoms with van der Waals surface area (Å²) in [6, 6.07) is 5.05. The van der Waals surface area contributed by atoms with E-state index in [-0.39, 0.29) is 6.10 Å². The lowest BCUT2D eigenvalue weighted by Crippen LogP contribution is -2.36. The molecule has 1 heterocycles. The van der Waals surface area contributed by atoms with Gasteiger partial charge in [-0.2, -0.15) is 0 Å². The first-order valence-corrected chi connectivity index (χ1v) is 6.51. The predicted molar refractivity (Wildman–Crippen MR) is 74.3 cm³/mol. The molecular weight excluding hydrogens is 258 g/mol. The molecule has 0 bridgehead atoms. The predicted octanol–water partition coefficient (Wildman–Crippen LogP) is 2.12. The highest BCUT2D eigenvalue weighted by atomic mass is 16.5. The van der Waals surface area contributed by atoms with Crippen LogP contribution in [0.1, 0.15) is 36.7 Å². The van der Waals surface area contributed by atoms with Crippen molar-refractivity contribution in [3.8, 4) is 5.75 Å². The van der Waals surface area contributed by atoms with Crippen LogP contribution in [0.3, 0.4) is 0 Å². The molecule has 0 radical (unpaired) electrons. The van der Waals surface area contributed by atoms with Crippen molar-refractivity contribution in [2.24, 2.45) is 0 Å². The SMILES string of the molecule is CCO/C=C1\C(=O)NC(=O)c2ccc(OC(C)C)cc21. The van der Waals surface area contributed by atoms with Crippen LogP contribution in [-0.2, 0) is 9.53 Å². The van der Waals surface area contributed by atoms with Crippen LogP contribution in [0.5, 0.6) is 5.75 Å². The molecular formula is C15H17NO4. The number of amides is 2. The molecule has 1 aliphatic heterocycles. The van der Waals surface area contributed by atoms with E-state index in [2.05, 4.69) is 5.32 Å². The first-order valence-electron chi connectivity index (χ1n) is 6.51. The molecule has 5 nitrogen and oxygen atoms in total. The zero-order valence-electron chi connectivity index (χ0n) is 11.7. The number of fused-ring (bicyclic) bond motifs is 1. The van der Waals surface area contributed by atoms with Crippen LogP contribution in [0.4, 0.5) is 0 Å². The molecule has 0 fully saturated rings. The monoisotopic (exact) mass is 275 g/mol. The van der Waals surface area contributed by atoms with Gasteiger partial charge in [0.2, 0.25) is 0 Å². The fourth-order valence-corrected chi connectivity index (χ4v) is 1.93. The van der Waals surface area contributed by atoms with E-state index in [0.717, 1.165) is 0 Å². The maximum atomic E-state index is 11.9. The van der Waals surface area contributed by atoms with Crippen molar-refractivity contribution in [2.75, 3.05) is 6.61 Å². The van der Waals surface area contributed by atoms with Gasteiger partial charge in [0, 0.05) is 11.1 Å². The molecule has 2 rings (SSSR count). The number of carbonyl (C=O) groups excluding carboxylic acids is 2. The summed E-state index contributed by atoms with van der Waals surface area (Å²) in [4.78, 5) is 23.7. The van der Waals surface area contributed by atoms with Crippen molar-refractivity contribution in [2.45, 2.75) is 26.9 Å². The fraction of sp³-hybridized carbons (Fsp3) is 0.333. The quantitative estimate of drug-likeness (QED) is 0.519. The van der Waals surface area contributed by atoms with Crippen molar-refractivity contribution in [3.63, 3.8) is 0 Å². The normalized spacial score (nSPS) is 16.1. The molecule has 0 atom stereocenters. The molecule has 0 spiro atoms. The van der Waals surface area contributed by atoms with Gasteiger partial charge >= 0.3 is 0 Å². The molecule has 1 aliphatic rings. The third-order valence-electron chi connectivity index (χ3n) is 2.74. The van der Waals surface area contributed by atoms with Gasteiger partial charge in [-0.05, 0) is 39.0 Å². The van der Waals surface area contributed by atoms with E-state index in [1.165, 1.54) is 6.26 Å². The maximum absolute atomic E-state index is 11.9. The Kier molecular flexibility index (Phi) is 4.08. The summed E-state index contributed by atoms with van der Waals surface area (Å²) in [6.45, 7) is 6.09. The van der Waals surface area contributed by atoms with E-state index in [9.17, 15) is 9.59 Å². The summed E-state index contributed by atoms with van der Waals surface area (Å²) in [5.41, 5.74) is 1.30. The van der Waals surface area contributed by atoms with Crippen molar-refractivity contribution in [1.29, 1.82) is 0 Å². The summed E-state index contributed by atoms with van der Waals surface area (Å²) >= 11 is 0. The number of benzene rings is 1. The van der Waals surface area contributed by atoms with Gasteiger partial charge in [-0.1, -0.05) is 0 Å². The lowest BCUT2D eigenvalue weighted by molar-refractivity contribution is -0.114. The Hall–Kier alpha value is -2.30. The lowest BCUT2D eigenvalue weighted by atomic mass is 9.95. The molecule has 1 aromatic carbocycles. The summed E-state index contributed by atoms with van der Waals surface area (Å²) in [7, 11) is 0. The zero-order valence-corrected chi connectivity index (χ0v) is 11.7. The number of nitrogens with one attached hydrogen (secondary N) is 1. The first kappa shape index (κ1) is 14.1. The first-order chi connectivity index (χ1) is 9.52. The van der Waals surface area contributed by atoms with Gasteiger partial charge < -0.3 is 9.47 Å². The molecule has 5 heteroatoms. The Morgan fingerprint density at radius 1 is 1.20 bits per heavy atom. The second-order valence-corrected chi connectivity index (χ2v) is 4.64. The molecule has 1 aromatic rings. The fourth-order valence-electron chi connectivity index (χ4n) is 1.93. The van der Waals surface area contributed by atoms with Gasteiger partial charge in [-0.3, -0.25) is 14.9 Å². The third kappa shape index (κ3) is 2.82. The topological polar surface area (TPSA) is 64.6 Å². The highest BCUT2D eigenvalue weighted by molar-refractivity contribution is 6.30. The lowest BCUT2D eigenvalue weighted by Gasteiger charge is -2.19. The van der Waals surface area contributed by atoms with Crippen molar-refractivity contribution in [3.05, 3.63) is 35.6 Å². The number of hydrogen-bond donors (Lipinski definition) is 1. The second kappa shape index (κ2) is 5.77. The summed E-state index contributed by atoms with van der Waals surface area (Å²) in [5.74, 6) is -0.254. The number of imide groups is 1. The van der Waals surface area contributed by atoms with Gasteiger partial charge in [0.25, 0.3) is 11.8 Å². The average Bonchev–Trinajstić information content (AvgIpc) is 2.37. The zero-order chi connectivity index (χ0) is 14.7. The van der Waals surface area contributed by atoms with Crippen molar-refractivity contribution < 1.29 is 19.1 Å². The average molecular weight is 275 g/mol. The van der Waals surface area contributed by atoms with E-state index in [1.54, 1.807) is 18.2 Å². The van der Waals surface area contributed by atoms with Gasteiger partial charge in [0.15, 0.2) is 0 Å². The van der Waals surface area contributed by atoms with Crippen LogP contribution in [-0.4, -0.2) is 24.5 Å². The van der Waals surface area contributed by atoms with Crippen LogP contribution in [0.2, 0.25) is 0 Å². The van der Waals surface area contributed by atoms with E-state index in [4.69, 9.17) is 9.47 Å². The smallest absolute Gasteiger partial charge is 0.261 e. The molecule has 20 heavy (non-hydrogen) atoms. The van der Waals surface area contributed by atoms with Gasteiger partial charge in [-0.25, -0.2) is 0 Å². The summed E-state index contributed by atoms with van der Waals surface area (Å²) in [6.07, 6.45) is 1.39. The summed E-state index contributed by atoms with van der Waals surface area (Å²) in [5, 5.41) is 2.29. The van der Waals surface area contributed by atoms with Gasteiger partial charge in [0.05, 0.1) is 24.5 Å². The third-order valence-corrected chi connectivity index (χ3v) is 2.74. The Morgan fingerprint density at radius 3 is 2.60 bits per heavy atom. The summed E-state index contributed by atoms with van der Waals surface area (Å²) < 4.78 is 10.8.